The summed E-state index contributed by atoms with van der Waals surface area (Å²) in [4.78, 5) is 54.0. The highest BCUT2D eigenvalue weighted by molar-refractivity contribution is 6.10. The predicted molar refractivity (Wildman–Crippen MR) is 142 cm³/mol. The second-order valence-corrected chi connectivity index (χ2v) is 7.91. The summed E-state index contributed by atoms with van der Waals surface area (Å²) in [7, 11) is 0. The van der Waals surface area contributed by atoms with Gasteiger partial charge in [0, 0.05) is 12.5 Å². The molecule has 1 aromatic heterocycles. The molecule has 0 bridgehead atoms. The minimum absolute atomic E-state index is 0.00647. The van der Waals surface area contributed by atoms with Crippen LogP contribution >= 0.6 is 0 Å². The van der Waals surface area contributed by atoms with Gasteiger partial charge in [0.05, 0.1) is 22.7 Å². The molecule has 184 valence electrons. The number of pyridine rings is 1. The molecule has 0 saturated heterocycles. The van der Waals surface area contributed by atoms with Gasteiger partial charge in [-0.2, -0.15) is 0 Å². The van der Waals surface area contributed by atoms with Crippen molar-refractivity contribution < 1.29 is 19.2 Å². The molecule has 0 unspecified atom stereocenters. The Morgan fingerprint density at radius 1 is 0.486 bits per heavy atom. The van der Waals surface area contributed by atoms with Crippen LogP contribution in [0.1, 0.15) is 38.3 Å². The lowest BCUT2D eigenvalue weighted by Crippen LogP contribution is -2.20. The number of amides is 4. The van der Waals surface area contributed by atoms with Gasteiger partial charge in [0.15, 0.2) is 0 Å². The normalized spacial score (nSPS) is 10.2. The minimum atomic E-state index is -0.560. The molecule has 0 aliphatic carbocycles. The lowest BCUT2D eigenvalue weighted by molar-refractivity contribution is -0.114. The van der Waals surface area contributed by atoms with Crippen LogP contribution in [0.5, 0.6) is 0 Å². The number of aromatic nitrogens is 1. The molecule has 0 aliphatic rings. The fourth-order valence-electron chi connectivity index (χ4n) is 3.44. The van der Waals surface area contributed by atoms with Gasteiger partial charge in [-0.05, 0) is 48.5 Å². The maximum Gasteiger partial charge on any atom is 0.274 e. The maximum absolute atomic E-state index is 13.0. The summed E-state index contributed by atoms with van der Waals surface area (Å²) in [5, 5.41) is 10.9. The van der Waals surface area contributed by atoms with Crippen molar-refractivity contribution in [2.75, 3.05) is 21.3 Å². The summed E-state index contributed by atoms with van der Waals surface area (Å²) < 4.78 is 0. The average Bonchev–Trinajstić information content (AvgIpc) is 2.91. The zero-order chi connectivity index (χ0) is 26.2. The van der Waals surface area contributed by atoms with Gasteiger partial charge in [-0.25, -0.2) is 4.98 Å². The molecular weight excluding hydrogens is 470 g/mol. The van der Waals surface area contributed by atoms with Crippen LogP contribution in [0.15, 0.2) is 97.1 Å². The van der Waals surface area contributed by atoms with Crippen LogP contribution in [-0.4, -0.2) is 28.6 Å². The van der Waals surface area contributed by atoms with Gasteiger partial charge >= 0.3 is 0 Å². The van der Waals surface area contributed by atoms with E-state index in [1.54, 1.807) is 78.9 Å². The largest absolute Gasteiger partial charge is 0.325 e. The van der Waals surface area contributed by atoms with Crippen LogP contribution in [0.2, 0.25) is 0 Å². The van der Waals surface area contributed by atoms with E-state index in [-0.39, 0.29) is 23.2 Å². The third-order valence-corrected chi connectivity index (χ3v) is 5.16. The molecule has 0 fully saturated rings. The average molecular weight is 494 g/mol. The van der Waals surface area contributed by atoms with Gasteiger partial charge in [-0.15, -0.1) is 0 Å². The molecule has 4 N–H and O–H groups in total. The predicted octanol–water partition coefficient (Wildman–Crippen LogP) is 4.80. The molecule has 1 heterocycles. The molecule has 0 spiro atoms. The zero-order valence-electron chi connectivity index (χ0n) is 19.8. The smallest absolute Gasteiger partial charge is 0.274 e. The Labute approximate surface area is 212 Å². The molecule has 37 heavy (non-hydrogen) atoms. The van der Waals surface area contributed by atoms with E-state index in [4.69, 9.17) is 0 Å². The number of anilines is 4. The van der Waals surface area contributed by atoms with Crippen molar-refractivity contribution in [3.05, 3.63) is 114 Å². The number of para-hydroxylation sites is 4. The summed E-state index contributed by atoms with van der Waals surface area (Å²) in [6.07, 6.45) is 0. The van der Waals surface area contributed by atoms with Gasteiger partial charge < -0.3 is 21.3 Å². The van der Waals surface area contributed by atoms with E-state index < -0.39 is 11.8 Å². The van der Waals surface area contributed by atoms with Crippen molar-refractivity contribution in [2.45, 2.75) is 6.92 Å². The van der Waals surface area contributed by atoms with E-state index in [1.165, 1.54) is 19.1 Å². The number of nitrogens with one attached hydrogen (secondary N) is 4. The molecule has 9 nitrogen and oxygen atoms in total. The Kier molecular flexibility index (Phi) is 7.65. The molecule has 4 amide bonds. The molecule has 0 radical (unpaired) electrons. The third kappa shape index (κ3) is 6.43. The standard InChI is InChI=1S/C28H23N5O4/c1-18(34)29-20-12-5-6-13-21(20)32-27(36)24-16-9-17-25(30-24)28(37)33-23-15-8-7-14-22(23)31-26(35)19-10-3-2-4-11-19/h2-17H,1H3,(H,29,34)(H,31,35)(H,32,36)(H,33,37). The summed E-state index contributed by atoms with van der Waals surface area (Å²) in [5.41, 5.74) is 2.10. The fraction of sp³-hybridized carbons (Fsp3) is 0.0357. The SMILES string of the molecule is CC(=O)Nc1ccccc1NC(=O)c1cccc(C(=O)Nc2ccccc2NC(=O)c2ccccc2)n1. The number of hydrogen-bond donors (Lipinski definition) is 4. The number of rotatable bonds is 7. The summed E-state index contributed by atoms with van der Waals surface area (Å²) in [6.45, 7) is 1.37. The highest BCUT2D eigenvalue weighted by atomic mass is 16.2. The van der Waals surface area contributed by atoms with Crippen LogP contribution in [0.4, 0.5) is 22.7 Å². The molecule has 9 heteroatoms. The Bertz CT molecular complexity index is 1470. The Balaban J connectivity index is 1.49. The Morgan fingerprint density at radius 3 is 1.35 bits per heavy atom. The lowest BCUT2D eigenvalue weighted by atomic mass is 10.2. The van der Waals surface area contributed by atoms with Crippen molar-refractivity contribution in [1.29, 1.82) is 0 Å². The molecule has 4 rings (SSSR count). The second-order valence-electron chi connectivity index (χ2n) is 7.91. The van der Waals surface area contributed by atoms with E-state index >= 15 is 0 Å². The number of hydrogen-bond acceptors (Lipinski definition) is 5. The Morgan fingerprint density at radius 2 is 0.892 bits per heavy atom. The molecule has 0 saturated carbocycles. The molecule has 4 aromatic rings. The van der Waals surface area contributed by atoms with Gasteiger partial charge in [-0.1, -0.05) is 48.5 Å². The quantitative estimate of drug-likeness (QED) is 0.294. The first kappa shape index (κ1) is 24.8. The van der Waals surface area contributed by atoms with E-state index in [9.17, 15) is 19.2 Å². The molecular formula is C28H23N5O4. The lowest BCUT2D eigenvalue weighted by Gasteiger charge is -2.13. The van der Waals surface area contributed by atoms with Gasteiger partial charge in [0.1, 0.15) is 11.4 Å². The van der Waals surface area contributed by atoms with Crippen LogP contribution < -0.4 is 21.3 Å². The van der Waals surface area contributed by atoms with Gasteiger partial charge in [-0.3, -0.25) is 19.2 Å². The monoisotopic (exact) mass is 493 g/mol. The Hall–Kier alpha value is -5.31. The highest BCUT2D eigenvalue weighted by Crippen LogP contribution is 2.23. The fourth-order valence-corrected chi connectivity index (χ4v) is 3.44. The van der Waals surface area contributed by atoms with E-state index in [1.807, 2.05) is 6.07 Å². The number of benzene rings is 3. The molecule has 0 aliphatic heterocycles. The molecule has 0 atom stereocenters. The first-order valence-corrected chi connectivity index (χ1v) is 11.3. The first-order chi connectivity index (χ1) is 17.9. The van der Waals surface area contributed by atoms with E-state index in [0.29, 0.717) is 28.3 Å². The number of carbonyl (C=O) groups is 4. The van der Waals surface area contributed by atoms with Crippen LogP contribution in [0, 0.1) is 0 Å². The van der Waals surface area contributed by atoms with Crippen molar-refractivity contribution in [3.63, 3.8) is 0 Å². The maximum atomic E-state index is 13.0. The van der Waals surface area contributed by atoms with E-state index in [2.05, 4.69) is 26.3 Å². The van der Waals surface area contributed by atoms with E-state index in [0.717, 1.165) is 0 Å². The third-order valence-electron chi connectivity index (χ3n) is 5.16. The number of carbonyl (C=O) groups excluding carboxylic acids is 4. The van der Waals surface area contributed by atoms with Crippen molar-refractivity contribution >= 4 is 46.4 Å². The summed E-state index contributed by atoms with van der Waals surface area (Å²) in [6, 6.07) is 26.7. The minimum Gasteiger partial charge on any atom is -0.325 e. The highest BCUT2D eigenvalue weighted by Gasteiger charge is 2.16. The first-order valence-electron chi connectivity index (χ1n) is 11.3. The topological polar surface area (TPSA) is 129 Å². The molecule has 3 aromatic carbocycles. The van der Waals surface area contributed by atoms with Gasteiger partial charge in [0.25, 0.3) is 17.7 Å². The summed E-state index contributed by atoms with van der Waals surface area (Å²) >= 11 is 0. The second kappa shape index (κ2) is 11.4. The van der Waals surface area contributed by atoms with Gasteiger partial charge in [0.2, 0.25) is 5.91 Å². The van der Waals surface area contributed by atoms with Crippen LogP contribution in [0.3, 0.4) is 0 Å². The van der Waals surface area contributed by atoms with Crippen LogP contribution in [0.25, 0.3) is 0 Å². The van der Waals surface area contributed by atoms with Crippen molar-refractivity contribution in [2.24, 2.45) is 0 Å². The van der Waals surface area contributed by atoms with Crippen molar-refractivity contribution in [1.82, 2.24) is 4.98 Å². The zero-order valence-corrected chi connectivity index (χ0v) is 19.8. The van der Waals surface area contributed by atoms with Crippen LogP contribution in [-0.2, 0) is 4.79 Å². The summed E-state index contributed by atoms with van der Waals surface area (Å²) in [5.74, 6) is -1.71. The van der Waals surface area contributed by atoms with Crippen molar-refractivity contribution in [3.8, 4) is 0 Å². The number of nitrogens with zero attached hydrogens (tertiary/aromatic N) is 1.